The van der Waals surface area contributed by atoms with Gasteiger partial charge in [0.25, 0.3) is 5.22 Å². The number of rotatable bonds is 8. The number of carbonyl (C=O) groups is 2. The third kappa shape index (κ3) is 5.42. The molecule has 0 bridgehead atoms. The van der Waals surface area contributed by atoms with E-state index in [1.165, 1.54) is 11.2 Å². The summed E-state index contributed by atoms with van der Waals surface area (Å²) in [7, 11) is 1.56. The first-order chi connectivity index (χ1) is 13.1. The topological polar surface area (TPSA) is 114 Å². The van der Waals surface area contributed by atoms with Gasteiger partial charge in [-0.2, -0.15) is 0 Å². The van der Waals surface area contributed by atoms with Crippen LogP contribution in [0.25, 0.3) is 11.5 Å². The second-order valence-electron chi connectivity index (χ2n) is 5.51. The third-order valence-corrected chi connectivity index (χ3v) is 4.28. The Labute approximate surface area is 159 Å². The Morgan fingerprint density at radius 2 is 2.15 bits per heavy atom. The number of likely N-dealkylation sites (N-methyl/N-ethyl adjacent to an activating group) is 1. The highest BCUT2D eigenvalue weighted by atomic mass is 32.2. The molecule has 3 aromatic rings. The summed E-state index contributed by atoms with van der Waals surface area (Å²) in [5.41, 5.74) is 0.702. The predicted molar refractivity (Wildman–Crippen MR) is 96.4 cm³/mol. The monoisotopic (exact) mass is 387 g/mol. The van der Waals surface area contributed by atoms with Gasteiger partial charge in [-0.15, -0.1) is 10.2 Å². The van der Waals surface area contributed by atoms with Crippen LogP contribution in [0.15, 0.2) is 57.0 Å². The van der Waals surface area contributed by atoms with Crippen molar-refractivity contribution in [3.8, 4) is 11.5 Å². The SMILES string of the molecule is CN(CC(=O)NCc1ccco1)C(=O)CSc1nnc(-c2cccnc2)o1. The van der Waals surface area contributed by atoms with Crippen LogP contribution in [-0.2, 0) is 16.1 Å². The number of furan rings is 1. The van der Waals surface area contributed by atoms with Gasteiger partial charge in [0.1, 0.15) is 5.76 Å². The summed E-state index contributed by atoms with van der Waals surface area (Å²) in [6.45, 7) is 0.229. The first-order valence-electron chi connectivity index (χ1n) is 8.01. The first-order valence-corrected chi connectivity index (χ1v) is 9.00. The number of nitrogens with one attached hydrogen (secondary N) is 1. The number of thioether (sulfide) groups is 1. The molecule has 0 unspecified atom stereocenters. The summed E-state index contributed by atoms with van der Waals surface area (Å²) < 4.78 is 10.6. The molecule has 0 aliphatic rings. The lowest BCUT2D eigenvalue weighted by Gasteiger charge is -2.15. The van der Waals surface area contributed by atoms with Crippen molar-refractivity contribution in [3.63, 3.8) is 0 Å². The summed E-state index contributed by atoms with van der Waals surface area (Å²) in [4.78, 5) is 29.4. The maximum atomic E-state index is 12.2. The van der Waals surface area contributed by atoms with E-state index >= 15 is 0 Å². The van der Waals surface area contributed by atoms with Crippen molar-refractivity contribution in [2.24, 2.45) is 0 Å². The van der Waals surface area contributed by atoms with Gasteiger partial charge in [0.2, 0.25) is 17.7 Å². The van der Waals surface area contributed by atoms with E-state index < -0.39 is 0 Å². The van der Waals surface area contributed by atoms with Gasteiger partial charge in [-0.1, -0.05) is 11.8 Å². The van der Waals surface area contributed by atoms with Crippen molar-refractivity contribution < 1.29 is 18.4 Å². The zero-order valence-corrected chi connectivity index (χ0v) is 15.3. The minimum absolute atomic E-state index is 0.0507. The molecule has 1 N–H and O–H groups in total. The molecule has 0 spiro atoms. The van der Waals surface area contributed by atoms with Gasteiger partial charge >= 0.3 is 0 Å². The van der Waals surface area contributed by atoms with Gasteiger partial charge in [-0.25, -0.2) is 0 Å². The van der Waals surface area contributed by atoms with Gasteiger partial charge in [0.05, 0.1) is 30.7 Å². The van der Waals surface area contributed by atoms with Gasteiger partial charge in [0, 0.05) is 19.4 Å². The van der Waals surface area contributed by atoms with E-state index in [1.807, 2.05) is 0 Å². The van der Waals surface area contributed by atoms with Crippen LogP contribution in [0.3, 0.4) is 0 Å². The molecule has 10 heteroatoms. The molecule has 0 aliphatic carbocycles. The summed E-state index contributed by atoms with van der Waals surface area (Å²) in [6, 6.07) is 7.07. The minimum atomic E-state index is -0.274. The molecule has 3 aromatic heterocycles. The average Bonchev–Trinajstić information content (AvgIpc) is 3.37. The van der Waals surface area contributed by atoms with Crippen molar-refractivity contribution in [2.45, 2.75) is 11.8 Å². The quantitative estimate of drug-likeness (QED) is 0.580. The largest absolute Gasteiger partial charge is 0.467 e. The lowest BCUT2D eigenvalue weighted by Crippen LogP contribution is -2.38. The van der Waals surface area contributed by atoms with E-state index in [2.05, 4.69) is 20.5 Å². The molecule has 0 radical (unpaired) electrons. The van der Waals surface area contributed by atoms with Gasteiger partial charge in [-0.3, -0.25) is 14.6 Å². The first kappa shape index (κ1) is 18.6. The van der Waals surface area contributed by atoms with E-state index in [-0.39, 0.29) is 35.9 Å². The van der Waals surface area contributed by atoms with E-state index in [1.54, 1.807) is 43.7 Å². The molecule has 9 nitrogen and oxygen atoms in total. The number of hydrogen-bond acceptors (Lipinski definition) is 8. The minimum Gasteiger partial charge on any atom is -0.467 e. The van der Waals surface area contributed by atoms with E-state index in [4.69, 9.17) is 8.83 Å². The zero-order valence-electron chi connectivity index (χ0n) is 14.5. The van der Waals surface area contributed by atoms with Gasteiger partial charge < -0.3 is 19.1 Å². The van der Waals surface area contributed by atoms with Crippen LogP contribution in [0, 0.1) is 0 Å². The maximum absolute atomic E-state index is 12.2. The van der Waals surface area contributed by atoms with Crippen molar-refractivity contribution in [3.05, 3.63) is 48.7 Å². The molecule has 0 atom stereocenters. The number of pyridine rings is 1. The Hall–Kier alpha value is -3.14. The fourth-order valence-corrected chi connectivity index (χ4v) is 2.77. The maximum Gasteiger partial charge on any atom is 0.277 e. The van der Waals surface area contributed by atoms with Crippen LogP contribution in [0.2, 0.25) is 0 Å². The molecule has 0 fully saturated rings. The van der Waals surface area contributed by atoms with Crippen molar-refractivity contribution in [2.75, 3.05) is 19.3 Å². The molecule has 0 aromatic carbocycles. The second kappa shape index (κ2) is 8.99. The van der Waals surface area contributed by atoms with E-state index in [0.717, 1.165) is 11.8 Å². The molecule has 27 heavy (non-hydrogen) atoms. The van der Waals surface area contributed by atoms with E-state index in [9.17, 15) is 9.59 Å². The summed E-state index contributed by atoms with van der Waals surface area (Å²) in [6.07, 6.45) is 4.79. The van der Waals surface area contributed by atoms with Crippen LogP contribution in [0.4, 0.5) is 0 Å². The Morgan fingerprint density at radius 3 is 2.89 bits per heavy atom. The normalized spacial score (nSPS) is 10.6. The van der Waals surface area contributed by atoms with Gasteiger partial charge in [0.15, 0.2) is 0 Å². The number of aromatic nitrogens is 3. The van der Waals surface area contributed by atoms with Crippen LogP contribution in [0.5, 0.6) is 0 Å². The molecular weight excluding hydrogens is 370 g/mol. The van der Waals surface area contributed by atoms with Crippen molar-refractivity contribution >= 4 is 23.6 Å². The summed E-state index contributed by atoms with van der Waals surface area (Å²) >= 11 is 1.11. The molecule has 0 aliphatic heterocycles. The third-order valence-electron chi connectivity index (χ3n) is 3.48. The molecule has 140 valence electrons. The van der Waals surface area contributed by atoms with Crippen LogP contribution >= 0.6 is 11.8 Å². The fraction of sp³-hybridized carbons (Fsp3) is 0.235. The van der Waals surface area contributed by atoms with Crippen LogP contribution in [-0.4, -0.2) is 51.2 Å². The number of amides is 2. The lowest BCUT2D eigenvalue weighted by atomic mass is 10.3. The Morgan fingerprint density at radius 1 is 1.26 bits per heavy atom. The Bertz CT molecular complexity index is 882. The molecule has 0 saturated carbocycles. The standard InChI is InChI=1S/C17H17N5O4S/c1-22(10-14(23)19-9-13-5-3-7-25-13)15(24)11-27-17-21-20-16(26-17)12-4-2-6-18-8-12/h2-8H,9-11H2,1H3,(H,19,23). The number of hydrogen-bond donors (Lipinski definition) is 1. The second-order valence-corrected chi connectivity index (χ2v) is 6.44. The number of carbonyl (C=O) groups excluding carboxylic acids is 2. The fourth-order valence-electron chi connectivity index (χ4n) is 2.07. The Kier molecular flexibility index (Phi) is 6.21. The molecule has 3 rings (SSSR count). The van der Waals surface area contributed by atoms with Crippen LogP contribution < -0.4 is 5.32 Å². The molecular formula is C17H17N5O4S. The van der Waals surface area contributed by atoms with Crippen molar-refractivity contribution in [1.82, 2.24) is 25.4 Å². The number of nitrogens with zero attached hydrogens (tertiary/aromatic N) is 4. The predicted octanol–water partition coefficient (Wildman–Crippen LogP) is 1.59. The smallest absolute Gasteiger partial charge is 0.277 e. The lowest BCUT2D eigenvalue weighted by molar-refractivity contribution is -0.132. The average molecular weight is 387 g/mol. The van der Waals surface area contributed by atoms with Crippen molar-refractivity contribution in [1.29, 1.82) is 0 Å². The summed E-state index contributed by atoms with van der Waals surface area (Å²) in [5.74, 6) is 0.562. The Balaban J connectivity index is 1.43. The highest BCUT2D eigenvalue weighted by Crippen LogP contribution is 2.22. The zero-order chi connectivity index (χ0) is 19.1. The highest BCUT2D eigenvalue weighted by molar-refractivity contribution is 7.99. The molecule has 3 heterocycles. The van der Waals surface area contributed by atoms with Gasteiger partial charge in [-0.05, 0) is 24.3 Å². The van der Waals surface area contributed by atoms with Crippen LogP contribution in [0.1, 0.15) is 5.76 Å². The molecule has 0 saturated heterocycles. The molecule has 2 amide bonds. The highest BCUT2D eigenvalue weighted by Gasteiger charge is 2.16. The van der Waals surface area contributed by atoms with E-state index in [0.29, 0.717) is 17.2 Å². The summed E-state index contributed by atoms with van der Waals surface area (Å²) in [5, 5.41) is 10.8.